The number of hydrazine groups is 1. The fourth-order valence-corrected chi connectivity index (χ4v) is 3.22. The van der Waals surface area contributed by atoms with Gasteiger partial charge in [-0.05, 0) is 38.8 Å². The van der Waals surface area contributed by atoms with Crippen LogP contribution in [-0.2, 0) is 0 Å². The molecule has 3 unspecified atom stereocenters. The lowest BCUT2D eigenvalue weighted by molar-refractivity contribution is 0.0299. The molecule has 1 saturated heterocycles. The molecule has 0 aliphatic carbocycles. The predicted molar refractivity (Wildman–Crippen MR) is 83.6 cm³/mol. The average Bonchev–Trinajstić information content (AvgIpc) is 2.40. The lowest BCUT2D eigenvalue weighted by Gasteiger charge is -2.41. The van der Waals surface area contributed by atoms with Gasteiger partial charge < -0.3 is 5.73 Å². The lowest BCUT2D eigenvalue weighted by Crippen LogP contribution is -2.54. The smallest absolute Gasteiger partial charge is 0.129 e. The van der Waals surface area contributed by atoms with Crippen molar-refractivity contribution in [1.29, 1.82) is 0 Å². The first-order valence-electron chi connectivity index (χ1n) is 7.22. The van der Waals surface area contributed by atoms with Gasteiger partial charge in [-0.25, -0.2) is 14.8 Å². The Labute approximate surface area is 128 Å². The molecule has 1 fully saturated rings. The Balaban J connectivity index is 2.15. The van der Waals surface area contributed by atoms with E-state index in [1.54, 1.807) is 6.07 Å². The summed E-state index contributed by atoms with van der Waals surface area (Å²) in [6.45, 7) is 4.77. The van der Waals surface area contributed by atoms with Crippen LogP contribution in [0.15, 0.2) is 22.7 Å². The minimum Gasteiger partial charge on any atom is -0.329 e. The van der Waals surface area contributed by atoms with Gasteiger partial charge in [-0.2, -0.15) is 0 Å². The van der Waals surface area contributed by atoms with E-state index in [0.717, 1.165) is 17.3 Å². The van der Waals surface area contributed by atoms with Gasteiger partial charge in [0.2, 0.25) is 0 Å². The molecular formula is C15H23BrFN3. The van der Waals surface area contributed by atoms with Crippen LogP contribution in [0.4, 0.5) is 4.39 Å². The Hall–Kier alpha value is -0.490. The van der Waals surface area contributed by atoms with Crippen LogP contribution in [0.5, 0.6) is 0 Å². The molecule has 3 atom stereocenters. The normalized spacial score (nSPS) is 25.6. The first-order valence-corrected chi connectivity index (χ1v) is 8.01. The number of nitrogens with two attached hydrogens (primary N) is 1. The number of piperidine rings is 1. The molecule has 20 heavy (non-hydrogen) atoms. The van der Waals surface area contributed by atoms with Crippen LogP contribution < -0.4 is 11.2 Å². The third kappa shape index (κ3) is 3.58. The quantitative estimate of drug-likeness (QED) is 0.880. The fraction of sp³-hybridized carbons (Fsp3) is 0.600. The molecule has 0 saturated carbocycles. The number of halogens is 2. The Kier molecular flexibility index (Phi) is 5.55. The van der Waals surface area contributed by atoms with Gasteiger partial charge in [-0.15, -0.1) is 0 Å². The van der Waals surface area contributed by atoms with Gasteiger partial charge in [0.1, 0.15) is 5.82 Å². The van der Waals surface area contributed by atoms with E-state index < -0.39 is 0 Å². The van der Waals surface area contributed by atoms with E-state index in [4.69, 9.17) is 5.73 Å². The minimum atomic E-state index is -0.223. The molecule has 0 bridgehead atoms. The van der Waals surface area contributed by atoms with E-state index in [1.807, 2.05) is 6.07 Å². The van der Waals surface area contributed by atoms with Gasteiger partial charge in [0.25, 0.3) is 0 Å². The van der Waals surface area contributed by atoms with E-state index in [0.29, 0.717) is 24.2 Å². The average molecular weight is 344 g/mol. The number of rotatable bonds is 4. The summed E-state index contributed by atoms with van der Waals surface area (Å²) in [6, 6.07) is 5.85. The molecule has 0 amide bonds. The van der Waals surface area contributed by atoms with E-state index in [1.165, 1.54) is 12.5 Å². The van der Waals surface area contributed by atoms with Crippen molar-refractivity contribution in [1.82, 2.24) is 10.4 Å². The highest BCUT2D eigenvalue weighted by Crippen LogP contribution is 2.25. The Morgan fingerprint density at radius 2 is 2.05 bits per heavy atom. The molecular weight excluding hydrogens is 321 g/mol. The molecule has 3 N–H and O–H groups in total. The first-order chi connectivity index (χ1) is 9.52. The van der Waals surface area contributed by atoms with Crippen LogP contribution in [0.2, 0.25) is 0 Å². The molecule has 1 aliphatic rings. The number of hydrogen-bond donors (Lipinski definition) is 2. The van der Waals surface area contributed by atoms with Gasteiger partial charge >= 0.3 is 0 Å². The number of hydrogen-bond acceptors (Lipinski definition) is 3. The molecule has 2 rings (SSSR count). The highest BCUT2D eigenvalue weighted by atomic mass is 79.9. The second kappa shape index (κ2) is 6.98. The molecule has 3 nitrogen and oxygen atoms in total. The van der Waals surface area contributed by atoms with E-state index in [-0.39, 0.29) is 11.9 Å². The standard InChI is InChI=1S/C15H23BrFN3/c1-10-4-3-5-11(2)20(10)19-15(9-18)13-7-6-12(16)8-14(13)17/h6-8,10-11,15,19H,3-5,9,18H2,1-2H3. The topological polar surface area (TPSA) is 41.3 Å². The Morgan fingerprint density at radius 1 is 1.40 bits per heavy atom. The monoisotopic (exact) mass is 343 g/mol. The van der Waals surface area contributed by atoms with Crippen LogP contribution >= 0.6 is 15.9 Å². The van der Waals surface area contributed by atoms with E-state index >= 15 is 0 Å². The summed E-state index contributed by atoms with van der Waals surface area (Å²) in [4.78, 5) is 0. The van der Waals surface area contributed by atoms with Gasteiger partial charge in [0, 0.05) is 28.7 Å². The summed E-state index contributed by atoms with van der Waals surface area (Å²) in [6.07, 6.45) is 3.58. The van der Waals surface area contributed by atoms with Crippen molar-refractivity contribution in [3.63, 3.8) is 0 Å². The maximum atomic E-state index is 14.1. The number of nitrogens with one attached hydrogen (secondary N) is 1. The molecule has 5 heteroatoms. The zero-order chi connectivity index (χ0) is 14.7. The molecule has 1 aliphatic heterocycles. The van der Waals surface area contributed by atoms with Crippen LogP contribution in [0.25, 0.3) is 0 Å². The summed E-state index contributed by atoms with van der Waals surface area (Å²) in [5, 5.41) is 2.24. The molecule has 1 aromatic rings. The highest BCUT2D eigenvalue weighted by molar-refractivity contribution is 9.10. The summed E-state index contributed by atoms with van der Waals surface area (Å²) in [5.74, 6) is -0.223. The Morgan fingerprint density at radius 3 is 2.60 bits per heavy atom. The van der Waals surface area contributed by atoms with Crippen molar-refractivity contribution < 1.29 is 4.39 Å². The molecule has 1 heterocycles. The predicted octanol–water partition coefficient (Wildman–Crippen LogP) is 3.36. The number of nitrogens with zero attached hydrogens (tertiary/aromatic N) is 1. The summed E-state index contributed by atoms with van der Waals surface area (Å²) >= 11 is 3.28. The van der Waals surface area contributed by atoms with E-state index in [9.17, 15) is 4.39 Å². The lowest BCUT2D eigenvalue weighted by atomic mass is 9.99. The maximum absolute atomic E-state index is 14.1. The van der Waals surface area contributed by atoms with Gasteiger partial charge in [-0.3, -0.25) is 0 Å². The molecule has 0 radical (unpaired) electrons. The zero-order valence-corrected chi connectivity index (χ0v) is 13.7. The highest BCUT2D eigenvalue weighted by Gasteiger charge is 2.27. The van der Waals surface area contributed by atoms with Gasteiger partial charge in [0.05, 0.1) is 6.04 Å². The molecule has 1 aromatic carbocycles. The fourth-order valence-electron chi connectivity index (χ4n) is 2.89. The van der Waals surface area contributed by atoms with Crippen molar-refractivity contribution in [2.45, 2.75) is 51.2 Å². The van der Waals surface area contributed by atoms with Gasteiger partial charge in [0.15, 0.2) is 0 Å². The molecule has 112 valence electrons. The summed E-state index contributed by atoms with van der Waals surface area (Å²) in [5.41, 5.74) is 9.91. The maximum Gasteiger partial charge on any atom is 0.129 e. The molecule has 0 aromatic heterocycles. The SMILES string of the molecule is CC1CCCC(C)N1NC(CN)c1ccc(Br)cc1F. The summed E-state index contributed by atoms with van der Waals surface area (Å²) < 4.78 is 14.8. The molecule has 0 spiro atoms. The first kappa shape index (κ1) is 15.9. The van der Waals surface area contributed by atoms with Crippen molar-refractivity contribution in [2.75, 3.05) is 6.54 Å². The second-order valence-electron chi connectivity index (χ2n) is 5.62. The number of benzene rings is 1. The van der Waals surface area contributed by atoms with Crippen LogP contribution in [0, 0.1) is 5.82 Å². The van der Waals surface area contributed by atoms with Crippen molar-refractivity contribution in [3.05, 3.63) is 34.1 Å². The Bertz CT molecular complexity index is 445. The third-order valence-corrected chi connectivity index (χ3v) is 4.57. The van der Waals surface area contributed by atoms with Crippen molar-refractivity contribution >= 4 is 15.9 Å². The van der Waals surface area contributed by atoms with Crippen molar-refractivity contribution in [2.24, 2.45) is 5.73 Å². The van der Waals surface area contributed by atoms with Crippen LogP contribution in [0.1, 0.15) is 44.7 Å². The van der Waals surface area contributed by atoms with Gasteiger partial charge in [-0.1, -0.05) is 28.4 Å². The van der Waals surface area contributed by atoms with Crippen molar-refractivity contribution in [3.8, 4) is 0 Å². The zero-order valence-electron chi connectivity index (χ0n) is 12.1. The minimum absolute atomic E-state index is 0.189. The van der Waals surface area contributed by atoms with Crippen LogP contribution in [-0.4, -0.2) is 23.6 Å². The summed E-state index contributed by atoms with van der Waals surface area (Å²) in [7, 11) is 0. The third-order valence-electron chi connectivity index (χ3n) is 4.07. The van der Waals surface area contributed by atoms with E-state index in [2.05, 4.69) is 40.2 Å². The second-order valence-corrected chi connectivity index (χ2v) is 6.54. The largest absolute Gasteiger partial charge is 0.329 e. The van der Waals surface area contributed by atoms with Crippen LogP contribution in [0.3, 0.4) is 0 Å².